The van der Waals surface area contributed by atoms with Crippen LogP contribution < -0.4 is 0 Å². The van der Waals surface area contributed by atoms with Crippen molar-refractivity contribution in [1.29, 1.82) is 0 Å². The third-order valence-electron chi connectivity index (χ3n) is 2.01. The molecule has 2 nitrogen and oxygen atoms in total. The topological polar surface area (TPSA) is 37.3 Å². The molecule has 1 aromatic rings. The molecule has 1 N–H and O–H groups in total. The van der Waals surface area contributed by atoms with Gasteiger partial charge in [0.1, 0.15) is 5.82 Å². The van der Waals surface area contributed by atoms with Crippen LogP contribution in [0.3, 0.4) is 0 Å². The molecule has 88 valence electrons. The number of aryl methyl sites for hydroxylation is 1. The average Bonchev–Trinajstić information content (AvgIpc) is 2.22. The van der Waals surface area contributed by atoms with E-state index in [0.29, 0.717) is 0 Å². The standard InChI is InChI=1S/C10H8BrF3O2/c11-8-6(12)4-5(9(13)10(8)14)2-1-3-7(15)16/h4H,1-3H2,(H,15,16). The molecule has 0 aromatic heterocycles. The molecular weight excluding hydrogens is 289 g/mol. The fraction of sp³-hybridized carbons (Fsp3) is 0.300. The van der Waals surface area contributed by atoms with E-state index < -0.39 is 27.9 Å². The van der Waals surface area contributed by atoms with Crippen molar-refractivity contribution in [3.8, 4) is 0 Å². The SMILES string of the molecule is O=C(O)CCCc1cc(F)c(Br)c(F)c1F. The first-order chi connectivity index (χ1) is 7.43. The van der Waals surface area contributed by atoms with Gasteiger partial charge in [-0.25, -0.2) is 13.2 Å². The molecule has 0 saturated heterocycles. The van der Waals surface area contributed by atoms with Crippen LogP contribution in [-0.2, 0) is 11.2 Å². The van der Waals surface area contributed by atoms with Gasteiger partial charge in [0.2, 0.25) is 0 Å². The lowest BCUT2D eigenvalue weighted by atomic mass is 10.1. The zero-order valence-electron chi connectivity index (χ0n) is 8.07. The number of hydrogen-bond donors (Lipinski definition) is 1. The van der Waals surface area contributed by atoms with Gasteiger partial charge in [-0.1, -0.05) is 0 Å². The molecule has 0 unspecified atom stereocenters. The van der Waals surface area contributed by atoms with Gasteiger partial charge in [0.05, 0.1) is 4.47 Å². The van der Waals surface area contributed by atoms with E-state index >= 15 is 0 Å². The summed E-state index contributed by atoms with van der Waals surface area (Å²) in [4.78, 5) is 10.2. The number of rotatable bonds is 4. The lowest BCUT2D eigenvalue weighted by Crippen LogP contribution is -2.01. The van der Waals surface area contributed by atoms with Gasteiger partial charge in [0, 0.05) is 6.42 Å². The summed E-state index contributed by atoms with van der Waals surface area (Å²) < 4.78 is 38.8. The zero-order valence-corrected chi connectivity index (χ0v) is 9.65. The van der Waals surface area contributed by atoms with E-state index in [-0.39, 0.29) is 24.8 Å². The molecule has 0 aliphatic rings. The second-order valence-corrected chi connectivity index (χ2v) is 4.00. The summed E-state index contributed by atoms with van der Waals surface area (Å²) in [6.07, 6.45) is -0.0508. The summed E-state index contributed by atoms with van der Waals surface area (Å²) in [5.74, 6) is -4.35. The number of carboxylic acid groups (broad SMARTS) is 1. The molecule has 0 radical (unpaired) electrons. The monoisotopic (exact) mass is 296 g/mol. The Morgan fingerprint density at radius 1 is 1.31 bits per heavy atom. The van der Waals surface area contributed by atoms with Crippen molar-refractivity contribution in [3.63, 3.8) is 0 Å². The Morgan fingerprint density at radius 3 is 2.50 bits per heavy atom. The van der Waals surface area contributed by atoms with Crippen LogP contribution in [0, 0.1) is 17.5 Å². The number of hydrogen-bond acceptors (Lipinski definition) is 1. The number of benzene rings is 1. The normalized spacial score (nSPS) is 10.5. The maximum atomic E-state index is 13.2. The molecular formula is C10H8BrF3O2. The van der Waals surface area contributed by atoms with Crippen molar-refractivity contribution in [1.82, 2.24) is 0 Å². The Hall–Kier alpha value is -1.04. The van der Waals surface area contributed by atoms with E-state index in [1.165, 1.54) is 0 Å². The predicted molar refractivity (Wildman–Crippen MR) is 54.6 cm³/mol. The molecule has 0 aliphatic carbocycles. The molecule has 1 rings (SSSR count). The lowest BCUT2D eigenvalue weighted by Gasteiger charge is -2.05. The van der Waals surface area contributed by atoms with E-state index in [1.807, 2.05) is 0 Å². The van der Waals surface area contributed by atoms with Gasteiger partial charge in [-0.3, -0.25) is 4.79 Å². The minimum Gasteiger partial charge on any atom is -0.481 e. The fourth-order valence-electron chi connectivity index (χ4n) is 1.23. The summed E-state index contributed by atoms with van der Waals surface area (Å²) in [7, 11) is 0. The van der Waals surface area contributed by atoms with Crippen LogP contribution in [-0.4, -0.2) is 11.1 Å². The molecule has 6 heteroatoms. The molecule has 0 amide bonds. The van der Waals surface area contributed by atoms with Crippen LogP contribution in [0.15, 0.2) is 10.5 Å². The van der Waals surface area contributed by atoms with E-state index in [9.17, 15) is 18.0 Å². The summed E-state index contributed by atoms with van der Waals surface area (Å²) >= 11 is 2.57. The molecule has 1 aromatic carbocycles. The van der Waals surface area contributed by atoms with Gasteiger partial charge in [-0.15, -0.1) is 0 Å². The van der Waals surface area contributed by atoms with Gasteiger partial charge in [-0.05, 0) is 40.4 Å². The smallest absolute Gasteiger partial charge is 0.303 e. The van der Waals surface area contributed by atoms with Crippen LogP contribution in [0.5, 0.6) is 0 Å². The van der Waals surface area contributed by atoms with Gasteiger partial charge < -0.3 is 5.11 Å². The van der Waals surface area contributed by atoms with Gasteiger partial charge in [0.15, 0.2) is 11.6 Å². The quantitative estimate of drug-likeness (QED) is 0.684. The summed E-state index contributed by atoms with van der Waals surface area (Å²) in [6.45, 7) is 0. The first kappa shape index (κ1) is 13.0. The van der Waals surface area contributed by atoms with Crippen molar-refractivity contribution in [2.24, 2.45) is 0 Å². The molecule has 0 bridgehead atoms. The summed E-state index contributed by atoms with van der Waals surface area (Å²) in [6, 6.07) is 0.865. The Labute approximate surface area is 98.2 Å². The van der Waals surface area contributed by atoms with E-state index in [0.717, 1.165) is 6.07 Å². The highest BCUT2D eigenvalue weighted by Gasteiger charge is 2.16. The molecule has 0 heterocycles. The average molecular weight is 297 g/mol. The van der Waals surface area contributed by atoms with Gasteiger partial charge in [0.25, 0.3) is 0 Å². The molecule has 0 saturated carbocycles. The molecule has 0 fully saturated rings. The largest absolute Gasteiger partial charge is 0.481 e. The fourth-order valence-corrected chi connectivity index (χ4v) is 1.52. The third kappa shape index (κ3) is 2.98. The van der Waals surface area contributed by atoms with Crippen LogP contribution in [0.4, 0.5) is 13.2 Å². The summed E-state index contributed by atoms with van der Waals surface area (Å²) in [5.41, 5.74) is -0.153. The predicted octanol–water partition coefficient (Wildman–Crippen LogP) is 3.27. The van der Waals surface area contributed by atoms with Gasteiger partial charge >= 0.3 is 5.97 Å². The first-order valence-corrected chi connectivity index (χ1v) is 5.26. The maximum absolute atomic E-state index is 13.2. The van der Waals surface area contributed by atoms with Crippen molar-refractivity contribution in [2.75, 3.05) is 0 Å². The number of carboxylic acids is 1. The molecule has 0 atom stereocenters. The van der Waals surface area contributed by atoms with E-state index in [4.69, 9.17) is 5.11 Å². The lowest BCUT2D eigenvalue weighted by molar-refractivity contribution is -0.137. The van der Waals surface area contributed by atoms with E-state index in [1.54, 1.807) is 0 Å². The second kappa shape index (κ2) is 5.34. The van der Waals surface area contributed by atoms with Crippen molar-refractivity contribution in [3.05, 3.63) is 33.6 Å². The molecule has 0 spiro atoms. The van der Waals surface area contributed by atoms with Gasteiger partial charge in [-0.2, -0.15) is 0 Å². The van der Waals surface area contributed by atoms with Crippen molar-refractivity contribution in [2.45, 2.75) is 19.3 Å². The number of halogens is 4. The zero-order chi connectivity index (χ0) is 12.3. The Bertz CT molecular complexity index is 421. The van der Waals surface area contributed by atoms with Crippen molar-refractivity contribution >= 4 is 21.9 Å². The van der Waals surface area contributed by atoms with E-state index in [2.05, 4.69) is 15.9 Å². The van der Waals surface area contributed by atoms with Crippen LogP contribution in [0.1, 0.15) is 18.4 Å². The highest BCUT2D eigenvalue weighted by Crippen LogP contribution is 2.25. The number of carbonyl (C=O) groups is 1. The minimum atomic E-state index is -1.29. The van der Waals surface area contributed by atoms with Crippen LogP contribution in [0.25, 0.3) is 0 Å². The number of aliphatic carboxylic acids is 1. The maximum Gasteiger partial charge on any atom is 0.303 e. The second-order valence-electron chi connectivity index (χ2n) is 3.21. The molecule has 16 heavy (non-hydrogen) atoms. The highest BCUT2D eigenvalue weighted by atomic mass is 79.9. The Kier molecular flexibility index (Phi) is 4.35. The Morgan fingerprint density at radius 2 is 1.94 bits per heavy atom. The van der Waals surface area contributed by atoms with Crippen LogP contribution >= 0.6 is 15.9 Å². The third-order valence-corrected chi connectivity index (χ3v) is 2.74. The van der Waals surface area contributed by atoms with Crippen LogP contribution in [0.2, 0.25) is 0 Å². The van der Waals surface area contributed by atoms with Crippen molar-refractivity contribution < 1.29 is 23.1 Å². The summed E-state index contributed by atoms with van der Waals surface area (Å²) in [5, 5.41) is 8.36. The highest BCUT2D eigenvalue weighted by molar-refractivity contribution is 9.10. The Balaban J connectivity index is 2.85. The first-order valence-electron chi connectivity index (χ1n) is 4.47. The minimum absolute atomic E-state index is 0.0146. The molecule has 0 aliphatic heterocycles.